The van der Waals surface area contributed by atoms with Crippen molar-refractivity contribution >= 4 is 16.8 Å². The maximum absolute atomic E-state index is 4.25. The van der Waals surface area contributed by atoms with Crippen molar-refractivity contribution in [3.8, 4) is 0 Å². The molecular weight excluding hydrogens is 158 g/mol. The Morgan fingerprint density at radius 1 is 1.31 bits per heavy atom. The van der Waals surface area contributed by atoms with Crippen LogP contribution in [-0.4, -0.2) is 4.98 Å². The van der Waals surface area contributed by atoms with Gasteiger partial charge < -0.3 is 0 Å². The summed E-state index contributed by atoms with van der Waals surface area (Å²) in [5, 5.41) is 2.44. The standard InChI is InChI=1S/C12H11N/c1-3-10-4-5-11-6-7-13-9(2)12(11)8-10/h3-8H,1H2,2H3. The zero-order chi connectivity index (χ0) is 9.26. The van der Waals surface area contributed by atoms with Crippen LogP contribution in [0.2, 0.25) is 0 Å². The molecule has 2 aromatic rings. The SMILES string of the molecule is C=Cc1ccc2ccnc(C)c2c1. The number of nitrogens with zero attached hydrogens (tertiary/aromatic N) is 1. The molecule has 0 aliphatic carbocycles. The maximum Gasteiger partial charge on any atom is 0.0451 e. The fourth-order valence-corrected chi connectivity index (χ4v) is 1.46. The van der Waals surface area contributed by atoms with Crippen LogP contribution in [0.4, 0.5) is 0 Å². The first-order chi connectivity index (χ1) is 6.31. The van der Waals surface area contributed by atoms with Crippen LogP contribution in [0.25, 0.3) is 16.8 Å². The molecule has 0 atom stereocenters. The van der Waals surface area contributed by atoms with E-state index in [4.69, 9.17) is 0 Å². The van der Waals surface area contributed by atoms with Crippen LogP contribution in [0.1, 0.15) is 11.3 Å². The van der Waals surface area contributed by atoms with E-state index in [0.717, 1.165) is 11.3 Å². The zero-order valence-electron chi connectivity index (χ0n) is 7.62. The third-order valence-corrected chi connectivity index (χ3v) is 2.23. The van der Waals surface area contributed by atoms with Gasteiger partial charge in [0.2, 0.25) is 0 Å². The monoisotopic (exact) mass is 169 g/mol. The molecule has 1 nitrogen and oxygen atoms in total. The lowest BCUT2D eigenvalue weighted by molar-refractivity contribution is 1.24. The number of aromatic nitrogens is 1. The molecule has 0 bridgehead atoms. The van der Waals surface area contributed by atoms with Crippen molar-refractivity contribution in [1.29, 1.82) is 0 Å². The van der Waals surface area contributed by atoms with E-state index in [1.807, 2.05) is 25.3 Å². The number of pyridine rings is 1. The molecule has 13 heavy (non-hydrogen) atoms. The van der Waals surface area contributed by atoms with Gasteiger partial charge in [-0.2, -0.15) is 0 Å². The first-order valence-electron chi connectivity index (χ1n) is 4.29. The first-order valence-corrected chi connectivity index (χ1v) is 4.29. The van der Waals surface area contributed by atoms with Crippen LogP contribution < -0.4 is 0 Å². The molecule has 0 amide bonds. The lowest BCUT2D eigenvalue weighted by atomic mass is 10.1. The largest absolute Gasteiger partial charge is 0.261 e. The molecule has 1 aromatic carbocycles. The minimum atomic E-state index is 1.07. The van der Waals surface area contributed by atoms with Gasteiger partial charge in [0.15, 0.2) is 0 Å². The topological polar surface area (TPSA) is 12.9 Å². The van der Waals surface area contributed by atoms with Gasteiger partial charge in [0, 0.05) is 17.3 Å². The van der Waals surface area contributed by atoms with Gasteiger partial charge in [0.25, 0.3) is 0 Å². The molecule has 0 N–H and O–H groups in total. The van der Waals surface area contributed by atoms with E-state index in [1.165, 1.54) is 10.8 Å². The van der Waals surface area contributed by atoms with E-state index in [2.05, 4.69) is 29.8 Å². The lowest BCUT2D eigenvalue weighted by Crippen LogP contribution is -1.83. The van der Waals surface area contributed by atoms with Crippen molar-refractivity contribution in [2.75, 3.05) is 0 Å². The van der Waals surface area contributed by atoms with Gasteiger partial charge in [0.1, 0.15) is 0 Å². The Hall–Kier alpha value is -1.63. The van der Waals surface area contributed by atoms with Gasteiger partial charge in [-0.15, -0.1) is 0 Å². The normalized spacial score (nSPS) is 10.2. The minimum Gasteiger partial charge on any atom is -0.261 e. The summed E-state index contributed by atoms with van der Waals surface area (Å²) < 4.78 is 0. The Balaban J connectivity index is 2.81. The summed E-state index contributed by atoms with van der Waals surface area (Å²) in [5.41, 5.74) is 2.21. The highest BCUT2D eigenvalue weighted by molar-refractivity contribution is 5.86. The molecule has 0 aliphatic rings. The maximum atomic E-state index is 4.25. The van der Waals surface area contributed by atoms with E-state index in [9.17, 15) is 0 Å². The smallest absolute Gasteiger partial charge is 0.0451 e. The summed E-state index contributed by atoms with van der Waals surface area (Å²) in [7, 11) is 0. The predicted octanol–water partition coefficient (Wildman–Crippen LogP) is 3.19. The molecule has 0 radical (unpaired) electrons. The molecule has 0 unspecified atom stereocenters. The summed E-state index contributed by atoms with van der Waals surface area (Å²) in [6.45, 7) is 5.77. The fourth-order valence-electron chi connectivity index (χ4n) is 1.46. The highest BCUT2D eigenvalue weighted by Crippen LogP contribution is 2.18. The molecule has 0 aliphatic heterocycles. The van der Waals surface area contributed by atoms with Crippen LogP contribution in [0.3, 0.4) is 0 Å². The summed E-state index contributed by atoms with van der Waals surface area (Å²) in [6, 6.07) is 8.30. The second-order valence-corrected chi connectivity index (χ2v) is 3.08. The number of hydrogen-bond acceptors (Lipinski definition) is 1. The molecule has 0 fully saturated rings. The average Bonchev–Trinajstić information content (AvgIpc) is 2.18. The van der Waals surface area contributed by atoms with Gasteiger partial charge >= 0.3 is 0 Å². The summed E-state index contributed by atoms with van der Waals surface area (Å²) in [5.74, 6) is 0. The molecule has 2 rings (SSSR count). The quantitative estimate of drug-likeness (QED) is 0.638. The van der Waals surface area contributed by atoms with Crippen LogP contribution in [0.15, 0.2) is 37.0 Å². The Kier molecular flexibility index (Phi) is 1.85. The Morgan fingerprint density at radius 3 is 2.92 bits per heavy atom. The zero-order valence-corrected chi connectivity index (χ0v) is 7.62. The average molecular weight is 169 g/mol. The number of fused-ring (bicyclic) bond motifs is 1. The second-order valence-electron chi connectivity index (χ2n) is 3.08. The number of aryl methyl sites for hydroxylation is 1. The van der Waals surface area contributed by atoms with E-state index in [1.54, 1.807) is 0 Å². The number of rotatable bonds is 1. The third-order valence-electron chi connectivity index (χ3n) is 2.23. The van der Waals surface area contributed by atoms with Crippen molar-refractivity contribution in [2.45, 2.75) is 6.92 Å². The Bertz CT molecular complexity index is 458. The molecule has 1 aromatic heterocycles. The summed E-state index contributed by atoms with van der Waals surface area (Å²) in [6.07, 6.45) is 3.69. The van der Waals surface area contributed by atoms with Crippen molar-refractivity contribution in [3.05, 3.63) is 48.3 Å². The second kappa shape index (κ2) is 3.02. The van der Waals surface area contributed by atoms with Gasteiger partial charge in [-0.05, 0) is 30.0 Å². The van der Waals surface area contributed by atoms with E-state index < -0.39 is 0 Å². The van der Waals surface area contributed by atoms with E-state index >= 15 is 0 Å². The molecular formula is C12H11N. The molecule has 1 heteroatoms. The number of hydrogen-bond donors (Lipinski definition) is 0. The van der Waals surface area contributed by atoms with Gasteiger partial charge in [-0.1, -0.05) is 24.8 Å². The molecule has 0 saturated carbocycles. The third kappa shape index (κ3) is 1.33. The van der Waals surface area contributed by atoms with Gasteiger partial charge in [0.05, 0.1) is 0 Å². The summed E-state index contributed by atoms with van der Waals surface area (Å²) in [4.78, 5) is 4.25. The highest BCUT2D eigenvalue weighted by atomic mass is 14.7. The van der Waals surface area contributed by atoms with Crippen LogP contribution in [-0.2, 0) is 0 Å². The highest BCUT2D eigenvalue weighted by Gasteiger charge is 1.97. The van der Waals surface area contributed by atoms with E-state index in [0.29, 0.717) is 0 Å². The molecule has 0 spiro atoms. The van der Waals surface area contributed by atoms with Crippen LogP contribution >= 0.6 is 0 Å². The fraction of sp³-hybridized carbons (Fsp3) is 0.0833. The first kappa shape index (κ1) is 7.99. The van der Waals surface area contributed by atoms with Crippen molar-refractivity contribution in [3.63, 3.8) is 0 Å². The Morgan fingerprint density at radius 2 is 2.15 bits per heavy atom. The molecule has 0 saturated heterocycles. The Labute approximate surface area is 77.7 Å². The molecule has 1 heterocycles. The van der Waals surface area contributed by atoms with Crippen molar-refractivity contribution in [2.24, 2.45) is 0 Å². The number of benzene rings is 1. The molecule has 64 valence electrons. The minimum absolute atomic E-state index is 1.07. The van der Waals surface area contributed by atoms with E-state index in [-0.39, 0.29) is 0 Å². The summed E-state index contributed by atoms with van der Waals surface area (Å²) >= 11 is 0. The van der Waals surface area contributed by atoms with Gasteiger partial charge in [-0.25, -0.2) is 0 Å². The van der Waals surface area contributed by atoms with Crippen LogP contribution in [0, 0.1) is 6.92 Å². The van der Waals surface area contributed by atoms with Crippen molar-refractivity contribution in [1.82, 2.24) is 4.98 Å². The van der Waals surface area contributed by atoms with Gasteiger partial charge in [-0.3, -0.25) is 4.98 Å². The lowest BCUT2D eigenvalue weighted by Gasteiger charge is -2.01. The van der Waals surface area contributed by atoms with Crippen LogP contribution in [0.5, 0.6) is 0 Å². The predicted molar refractivity (Wildman–Crippen MR) is 56.6 cm³/mol. The van der Waals surface area contributed by atoms with Crippen molar-refractivity contribution < 1.29 is 0 Å².